The summed E-state index contributed by atoms with van der Waals surface area (Å²) < 4.78 is 0. The van der Waals surface area contributed by atoms with Crippen LogP contribution >= 0.6 is 0 Å². The quantitative estimate of drug-likeness (QED) is 0.368. The summed E-state index contributed by atoms with van der Waals surface area (Å²) in [5.74, 6) is 0. The van der Waals surface area contributed by atoms with Gasteiger partial charge in [0.1, 0.15) is 6.34 Å². The highest BCUT2D eigenvalue weighted by Gasteiger charge is 2.03. The Kier molecular flexibility index (Phi) is 5.38. The predicted molar refractivity (Wildman–Crippen MR) is 55.3 cm³/mol. The molecule has 0 bridgehead atoms. The number of nitrogens with zero attached hydrogens (tertiary/aromatic N) is 4. The lowest BCUT2D eigenvalue weighted by Crippen LogP contribution is -2.44. The molecular formula is C8H17N5. The zero-order chi connectivity index (χ0) is 10.3. The van der Waals surface area contributed by atoms with Gasteiger partial charge in [0.15, 0.2) is 0 Å². The second-order valence-electron chi connectivity index (χ2n) is 2.40. The molecule has 0 aromatic carbocycles. The summed E-state index contributed by atoms with van der Waals surface area (Å²) in [5.41, 5.74) is 2.61. The molecule has 5 nitrogen and oxygen atoms in total. The Hall–Kier alpha value is -1.49. The Morgan fingerprint density at radius 1 is 1.15 bits per heavy atom. The molecule has 0 fully saturated rings. The van der Waals surface area contributed by atoms with Gasteiger partial charge in [0.2, 0.25) is 0 Å². The van der Waals surface area contributed by atoms with Gasteiger partial charge in [-0.25, -0.2) is 0 Å². The molecule has 0 aliphatic rings. The van der Waals surface area contributed by atoms with Gasteiger partial charge in [-0.3, -0.25) is 15.4 Å². The normalized spacial score (nSPS) is 10.2. The van der Waals surface area contributed by atoms with Crippen LogP contribution in [0.15, 0.2) is 30.7 Å². The van der Waals surface area contributed by atoms with Crippen LogP contribution in [0.4, 0.5) is 0 Å². The number of rotatable bonds is 6. The third kappa shape index (κ3) is 4.17. The molecule has 0 aliphatic heterocycles. The van der Waals surface area contributed by atoms with Gasteiger partial charge in [0.05, 0.1) is 0 Å². The van der Waals surface area contributed by atoms with E-state index in [0.717, 1.165) is 0 Å². The van der Waals surface area contributed by atoms with Crippen LogP contribution in [0.1, 0.15) is 0 Å². The van der Waals surface area contributed by atoms with Crippen LogP contribution in [0.25, 0.3) is 0 Å². The van der Waals surface area contributed by atoms with E-state index in [9.17, 15) is 0 Å². The fourth-order valence-electron chi connectivity index (χ4n) is 0.585. The van der Waals surface area contributed by atoms with Crippen molar-refractivity contribution in [1.29, 1.82) is 0 Å². The van der Waals surface area contributed by atoms with Crippen LogP contribution in [-0.2, 0) is 0 Å². The summed E-state index contributed by atoms with van der Waals surface area (Å²) in [5, 5.41) is 9.30. The molecule has 0 aromatic rings. The van der Waals surface area contributed by atoms with Crippen molar-refractivity contribution in [3.63, 3.8) is 0 Å². The highest BCUT2D eigenvalue weighted by Crippen LogP contribution is 1.92. The largest absolute Gasteiger partial charge is 0.299 e. The predicted octanol–water partition coefficient (Wildman–Crippen LogP) is 0.432. The van der Waals surface area contributed by atoms with Crippen LogP contribution in [0.5, 0.6) is 0 Å². The number of hydrogen-bond donors (Lipinski definition) is 1. The first-order valence-corrected chi connectivity index (χ1v) is 3.85. The lowest BCUT2D eigenvalue weighted by molar-refractivity contribution is -0.0604. The minimum absolute atomic E-state index is 1.50. The zero-order valence-corrected chi connectivity index (χ0v) is 8.44. The first kappa shape index (κ1) is 11.5. The molecule has 0 aromatic heterocycles. The molecule has 0 radical (unpaired) electrons. The van der Waals surface area contributed by atoms with E-state index in [-0.39, 0.29) is 0 Å². The Labute approximate surface area is 79.5 Å². The fraction of sp³-hybridized carbons (Fsp3) is 0.375. The second kappa shape index (κ2) is 6.07. The van der Waals surface area contributed by atoms with E-state index < -0.39 is 0 Å². The molecule has 0 spiro atoms. The van der Waals surface area contributed by atoms with Crippen molar-refractivity contribution in [1.82, 2.24) is 20.6 Å². The molecule has 74 valence electrons. The van der Waals surface area contributed by atoms with E-state index in [0.29, 0.717) is 0 Å². The summed E-state index contributed by atoms with van der Waals surface area (Å²) in [6.45, 7) is 7.11. The van der Waals surface area contributed by atoms with Crippen LogP contribution < -0.4 is 5.43 Å². The Bertz CT molecular complexity index is 189. The molecule has 0 saturated heterocycles. The average molecular weight is 183 g/mol. The van der Waals surface area contributed by atoms with Gasteiger partial charge in [-0.1, -0.05) is 13.2 Å². The van der Waals surface area contributed by atoms with Crippen LogP contribution in [0.2, 0.25) is 0 Å². The summed E-state index contributed by atoms with van der Waals surface area (Å²) in [6.07, 6.45) is 4.83. The van der Waals surface area contributed by atoms with Crippen LogP contribution in [0, 0.1) is 0 Å². The molecule has 0 atom stereocenters. The van der Waals surface area contributed by atoms with Crippen molar-refractivity contribution in [2.45, 2.75) is 0 Å². The SMILES string of the molecule is C=CN/N=C\N(C)N(C)N(C)C=C. The van der Waals surface area contributed by atoms with Gasteiger partial charge in [-0.15, -0.1) is 5.12 Å². The second-order valence-corrected chi connectivity index (χ2v) is 2.40. The van der Waals surface area contributed by atoms with Crippen LogP contribution in [-0.4, -0.2) is 42.6 Å². The van der Waals surface area contributed by atoms with Crippen molar-refractivity contribution in [3.8, 4) is 0 Å². The van der Waals surface area contributed by atoms with Gasteiger partial charge < -0.3 is 0 Å². The van der Waals surface area contributed by atoms with Crippen LogP contribution in [0.3, 0.4) is 0 Å². The summed E-state index contributed by atoms with van der Waals surface area (Å²) in [6, 6.07) is 0. The van der Waals surface area contributed by atoms with Gasteiger partial charge in [0.25, 0.3) is 0 Å². The first-order chi connectivity index (χ1) is 6.13. The van der Waals surface area contributed by atoms with Crippen molar-refractivity contribution in [2.75, 3.05) is 21.1 Å². The molecule has 0 heterocycles. The van der Waals surface area contributed by atoms with E-state index in [2.05, 4.69) is 23.7 Å². The molecule has 0 unspecified atom stereocenters. The van der Waals surface area contributed by atoms with Gasteiger partial charge >= 0.3 is 0 Å². The van der Waals surface area contributed by atoms with Gasteiger partial charge in [-0.05, 0) is 0 Å². The summed E-state index contributed by atoms with van der Waals surface area (Å²) in [4.78, 5) is 0. The lowest BCUT2D eigenvalue weighted by Gasteiger charge is -2.32. The number of hydrazone groups is 1. The molecule has 1 N–H and O–H groups in total. The Balaban J connectivity index is 4.01. The van der Waals surface area contributed by atoms with Crippen molar-refractivity contribution >= 4 is 6.34 Å². The Morgan fingerprint density at radius 3 is 2.23 bits per heavy atom. The topological polar surface area (TPSA) is 34.1 Å². The van der Waals surface area contributed by atoms with E-state index in [1.165, 1.54) is 6.20 Å². The zero-order valence-electron chi connectivity index (χ0n) is 8.44. The number of hydrogen-bond acceptors (Lipinski definition) is 4. The van der Waals surface area contributed by atoms with Gasteiger partial charge in [0, 0.05) is 33.5 Å². The molecule has 0 rings (SSSR count). The Morgan fingerprint density at radius 2 is 1.77 bits per heavy atom. The van der Waals surface area contributed by atoms with E-state index >= 15 is 0 Å². The molecular weight excluding hydrogens is 166 g/mol. The monoisotopic (exact) mass is 183 g/mol. The highest BCUT2D eigenvalue weighted by atomic mass is 15.8. The van der Waals surface area contributed by atoms with E-state index in [1.54, 1.807) is 17.5 Å². The molecule has 13 heavy (non-hydrogen) atoms. The molecule has 5 heteroatoms. The minimum Gasteiger partial charge on any atom is -0.299 e. The van der Waals surface area contributed by atoms with Crippen molar-refractivity contribution in [3.05, 3.63) is 25.6 Å². The first-order valence-electron chi connectivity index (χ1n) is 3.85. The molecule has 0 saturated carbocycles. The maximum Gasteiger partial charge on any atom is 0.127 e. The number of nitrogens with one attached hydrogen (secondary N) is 1. The van der Waals surface area contributed by atoms with E-state index in [1.807, 2.05) is 31.3 Å². The average Bonchev–Trinajstić information content (AvgIpc) is 2.15. The fourth-order valence-corrected chi connectivity index (χ4v) is 0.585. The molecule has 0 amide bonds. The van der Waals surface area contributed by atoms with Gasteiger partial charge in [-0.2, -0.15) is 5.10 Å². The third-order valence-electron chi connectivity index (χ3n) is 1.57. The maximum absolute atomic E-state index is 3.86. The third-order valence-corrected chi connectivity index (χ3v) is 1.57. The molecule has 0 aliphatic carbocycles. The summed E-state index contributed by atoms with van der Waals surface area (Å²) in [7, 11) is 5.65. The maximum atomic E-state index is 3.86. The minimum atomic E-state index is 1.50. The highest BCUT2D eigenvalue weighted by molar-refractivity contribution is 5.53. The van der Waals surface area contributed by atoms with Crippen molar-refractivity contribution in [2.24, 2.45) is 5.10 Å². The van der Waals surface area contributed by atoms with E-state index in [4.69, 9.17) is 0 Å². The lowest BCUT2D eigenvalue weighted by atomic mass is 10.9. The smallest absolute Gasteiger partial charge is 0.127 e. The number of hydrazine groups is 2. The standard InChI is InChI=1S/C8H17N5/c1-6-9-10-8-12(4)13(5)11(3)7-2/h6-9H,1-2H2,3-5H3/b10-8-. The summed E-state index contributed by atoms with van der Waals surface area (Å²) >= 11 is 0. The van der Waals surface area contributed by atoms with Crippen molar-refractivity contribution < 1.29 is 0 Å².